The van der Waals surface area contributed by atoms with Gasteiger partial charge in [-0.3, -0.25) is 4.79 Å². The standard InChI is InChI=1S/C12H18N4O3/c1-15-7-4-13-10(15)11(17)14-8-9-2-5-16(6-3-9)12(18)19/h4,7,9H,2-3,5-6,8H2,1H3,(H,14,17)(H,18,19). The summed E-state index contributed by atoms with van der Waals surface area (Å²) in [5.74, 6) is 0.538. The molecular weight excluding hydrogens is 248 g/mol. The molecule has 1 aliphatic rings. The van der Waals surface area contributed by atoms with Gasteiger partial charge in [0.1, 0.15) is 0 Å². The summed E-state index contributed by atoms with van der Waals surface area (Å²) in [5.41, 5.74) is 0. The number of piperidine rings is 1. The van der Waals surface area contributed by atoms with Crippen molar-refractivity contribution < 1.29 is 14.7 Å². The summed E-state index contributed by atoms with van der Waals surface area (Å²) in [4.78, 5) is 28.0. The Morgan fingerprint density at radius 1 is 1.47 bits per heavy atom. The average molecular weight is 266 g/mol. The fourth-order valence-electron chi connectivity index (χ4n) is 2.23. The lowest BCUT2D eigenvalue weighted by Crippen LogP contribution is -2.41. The Bertz CT molecular complexity index is 463. The SMILES string of the molecule is Cn1ccnc1C(=O)NCC1CCN(C(=O)O)CC1. The number of rotatable bonds is 3. The summed E-state index contributed by atoms with van der Waals surface area (Å²) in [6.07, 6.45) is 4.01. The van der Waals surface area contributed by atoms with E-state index < -0.39 is 6.09 Å². The minimum absolute atomic E-state index is 0.187. The first-order valence-electron chi connectivity index (χ1n) is 6.31. The van der Waals surface area contributed by atoms with Crippen LogP contribution >= 0.6 is 0 Å². The number of nitrogens with one attached hydrogen (secondary N) is 1. The number of hydrogen-bond acceptors (Lipinski definition) is 3. The van der Waals surface area contributed by atoms with Gasteiger partial charge in [0.15, 0.2) is 5.82 Å². The van der Waals surface area contributed by atoms with Crippen LogP contribution in [-0.2, 0) is 7.05 Å². The minimum Gasteiger partial charge on any atom is -0.465 e. The molecule has 104 valence electrons. The minimum atomic E-state index is -0.865. The molecule has 1 aliphatic heterocycles. The van der Waals surface area contributed by atoms with E-state index in [2.05, 4.69) is 10.3 Å². The maximum atomic E-state index is 11.8. The number of likely N-dealkylation sites (tertiary alicyclic amines) is 1. The topological polar surface area (TPSA) is 87.5 Å². The smallest absolute Gasteiger partial charge is 0.407 e. The number of carbonyl (C=O) groups excluding carboxylic acids is 1. The zero-order chi connectivity index (χ0) is 13.8. The number of aromatic nitrogens is 2. The van der Waals surface area contributed by atoms with Crippen molar-refractivity contribution >= 4 is 12.0 Å². The molecule has 2 rings (SSSR count). The van der Waals surface area contributed by atoms with Crippen LogP contribution in [0.25, 0.3) is 0 Å². The lowest BCUT2D eigenvalue weighted by Gasteiger charge is -2.29. The molecule has 0 aliphatic carbocycles. The Kier molecular flexibility index (Phi) is 4.03. The summed E-state index contributed by atoms with van der Waals surface area (Å²) in [5, 5.41) is 11.7. The highest BCUT2D eigenvalue weighted by Gasteiger charge is 2.23. The Hall–Kier alpha value is -2.05. The van der Waals surface area contributed by atoms with Crippen LogP contribution in [0.15, 0.2) is 12.4 Å². The number of imidazole rings is 1. The third kappa shape index (κ3) is 3.24. The number of amides is 2. The second-order valence-electron chi connectivity index (χ2n) is 4.78. The van der Waals surface area contributed by atoms with Gasteiger partial charge < -0.3 is 19.9 Å². The predicted octanol–water partition coefficient (Wildman–Crippen LogP) is 0.540. The van der Waals surface area contributed by atoms with Gasteiger partial charge in [-0.15, -0.1) is 0 Å². The summed E-state index contributed by atoms with van der Waals surface area (Å²) in [7, 11) is 1.77. The monoisotopic (exact) mass is 266 g/mol. The van der Waals surface area contributed by atoms with Gasteiger partial charge in [0.2, 0.25) is 0 Å². The molecule has 0 atom stereocenters. The zero-order valence-electron chi connectivity index (χ0n) is 10.9. The van der Waals surface area contributed by atoms with Gasteiger partial charge in [-0.05, 0) is 18.8 Å². The molecule has 19 heavy (non-hydrogen) atoms. The molecule has 7 heteroatoms. The maximum absolute atomic E-state index is 11.8. The van der Waals surface area contributed by atoms with Gasteiger partial charge in [0, 0.05) is 39.1 Å². The molecule has 2 N–H and O–H groups in total. The number of aryl methyl sites for hydroxylation is 1. The van der Waals surface area contributed by atoms with Crippen LogP contribution in [-0.4, -0.2) is 51.2 Å². The molecule has 0 radical (unpaired) electrons. The van der Waals surface area contributed by atoms with Crippen molar-refractivity contribution in [3.8, 4) is 0 Å². The van der Waals surface area contributed by atoms with Crippen molar-refractivity contribution in [2.45, 2.75) is 12.8 Å². The molecule has 0 bridgehead atoms. The number of nitrogens with zero attached hydrogens (tertiary/aromatic N) is 3. The van der Waals surface area contributed by atoms with E-state index in [0.29, 0.717) is 31.4 Å². The third-order valence-electron chi connectivity index (χ3n) is 3.46. The van der Waals surface area contributed by atoms with Crippen molar-refractivity contribution in [1.82, 2.24) is 19.8 Å². The summed E-state index contributed by atoms with van der Waals surface area (Å²) < 4.78 is 1.67. The first kappa shape index (κ1) is 13.4. The number of carbonyl (C=O) groups is 2. The van der Waals surface area contributed by atoms with Gasteiger partial charge in [0.25, 0.3) is 5.91 Å². The maximum Gasteiger partial charge on any atom is 0.407 e. The Balaban J connectivity index is 1.77. The number of hydrogen-bond donors (Lipinski definition) is 2. The summed E-state index contributed by atoms with van der Waals surface area (Å²) >= 11 is 0. The van der Waals surface area contributed by atoms with Gasteiger partial charge in [-0.25, -0.2) is 9.78 Å². The highest BCUT2D eigenvalue weighted by Crippen LogP contribution is 2.16. The van der Waals surface area contributed by atoms with Crippen LogP contribution in [0.4, 0.5) is 4.79 Å². The van der Waals surface area contributed by atoms with Gasteiger partial charge in [-0.1, -0.05) is 0 Å². The van der Waals surface area contributed by atoms with Crippen LogP contribution < -0.4 is 5.32 Å². The molecule has 0 unspecified atom stereocenters. The van der Waals surface area contributed by atoms with E-state index >= 15 is 0 Å². The highest BCUT2D eigenvalue weighted by molar-refractivity contribution is 5.90. The van der Waals surface area contributed by atoms with Crippen LogP contribution in [0.1, 0.15) is 23.5 Å². The molecule has 2 amide bonds. The first-order valence-corrected chi connectivity index (χ1v) is 6.31. The van der Waals surface area contributed by atoms with E-state index in [1.54, 1.807) is 24.0 Å². The Morgan fingerprint density at radius 3 is 2.68 bits per heavy atom. The van der Waals surface area contributed by atoms with Gasteiger partial charge in [0.05, 0.1) is 0 Å². The summed E-state index contributed by atoms with van der Waals surface area (Å²) in [6.45, 7) is 1.65. The fourth-order valence-corrected chi connectivity index (χ4v) is 2.23. The van der Waals surface area contributed by atoms with Gasteiger partial charge in [-0.2, -0.15) is 0 Å². The van der Waals surface area contributed by atoms with Crippen LogP contribution in [0.2, 0.25) is 0 Å². The largest absolute Gasteiger partial charge is 0.465 e. The lowest BCUT2D eigenvalue weighted by molar-refractivity contribution is 0.0916. The van der Waals surface area contributed by atoms with Crippen molar-refractivity contribution in [3.63, 3.8) is 0 Å². The lowest BCUT2D eigenvalue weighted by atomic mass is 9.97. The predicted molar refractivity (Wildman–Crippen MR) is 67.9 cm³/mol. The Morgan fingerprint density at radius 2 is 2.16 bits per heavy atom. The van der Waals surface area contributed by atoms with Crippen LogP contribution in [0, 0.1) is 5.92 Å². The van der Waals surface area contributed by atoms with Crippen molar-refractivity contribution in [3.05, 3.63) is 18.2 Å². The van der Waals surface area contributed by atoms with Crippen LogP contribution in [0.3, 0.4) is 0 Å². The average Bonchev–Trinajstić information content (AvgIpc) is 2.83. The first-order chi connectivity index (χ1) is 9.08. The second-order valence-corrected chi connectivity index (χ2v) is 4.78. The Labute approximate surface area is 111 Å². The molecular formula is C12H18N4O3. The van der Waals surface area contributed by atoms with Crippen molar-refractivity contribution in [2.24, 2.45) is 13.0 Å². The quantitative estimate of drug-likeness (QED) is 0.836. The second kappa shape index (κ2) is 5.73. The van der Waals surface area contributed by atoms with E-state index in [9.17, 15) is 9.59 Å². The van der Waals surface area contributed by atoms with Crippen molar-refractivity contribution in [2.75, 3.05) is 19.6 Å². The molecule has 1 aromatic heterocycles. The van der Waals surface area contributed by atoms with E-state index in [1.807, 2.05) is 0 Å². The molecule has 2 heterocycles. The summed E-state index contributed by atoms with van der Waals surface area (Å²) in [6, 6.07) is 0. The zero-order valence-corrected chi connectivity index (χ0v) is 10.9. The normalized spacial score (nSPS) is 16.4. The van der Waals surface area contributed by atoms with E-state index in [4.69, 9.17) is 5.11 Å². The molecule has 1 aromatic rings. The highest BCUT2D eigenvalue weighted by atomic mass is 16.4. The third-order valence-corrected chi connectivity index (χ3v) is 3.46. The van der Waals surface area contributed by atoms with Crippen molar-refractivity contribution in [1.29, 1.82) is 0 Å². The molecule has 0 spiro atoms. The van der Waals surface area contributed by atoms with E-state index in [1.165, 1.54) is 4.90 Å². The molecule has 1 fully saturated rings. The van der Waals surface area contributed by atoms with Gasteiger partial charge >= 0.3 is 6.09 Å². The molecule has 7 nitrogen and oxygen atoms in total. The molecule has 0 saturated carbocycles. The van der Waals surface area contributed by atoms with Crippen LogP contribution in [0.5, 0.6) is 0 Å². The molecule has 1 saturated heterocycles. The van der Waals surface area contributed by atoms with E-state index in [0.717, 1.165) is 12.8 Å². The number of carboxylic acid groups (broad SMARTS) is 1. The fraction of sp³-hybridized carbons (Fsp3) is 0.583. The molecule has 0 aromatic carbocycles. The van der Waals surface area contributed by atoms with E-state index in [-0.39, 0.29) is 5.91 Å².